The Morgan fingerprint density at radius 1 is 1.31 bits per heavy atom. The summed E-state index contributed by atoms with van der Waals surface area (Å²) in [5.41, 5.74) is 13.4. The minimum Gasteiger partial charge on any atom is -0.383 e. The number of nitrogens with zero attached hydrogens (tertiary/aromatic N) is 1. The average molecular weight is 241 g/mol. The van der Waals surface area contributed by atoms with Crippen molar-refractivity contribution < 1.29 is 0 Å². The number of hydrogen-bond acceptors (Lipinski definition) is 4. The monoisotopic (exact) mass is 240 g/mol. The summed E-state index contributed by atoms with van der Waals surface area (Å²) in [7, 11) is 0. The van der Waals surface area contributed by atoms with Gasteiger partial charge in [-0.1, -0.05) is 12.1 Å². The van der Waals surface area contributed by atoms with E-state index in [4.69, 9.17) is 11.5 Å². The van der Waals surface area contributed by atoms with Gasteiger partial charge in [0.05, 0.1) is 0 Å². The molecule has 0 bridgehead atoms. The van der Waals surface area contributed by atoms with Crippen LogP contribution in [0, 0.1) is 0 Å². The van der Waals surface area contributed by atoms with Crippen LogP contribution in [0.4, 0.5) is 5.69 Å². The van der Waals surface area contributed by atoms with Gasteiger partial charge in [0.15, 0.2) is 0 Å². The lowest BCUT2D eigenvalue weighted by atomic mass is 10.1. The van der Waals surface area contributed by atoms with Gasteiger partial charge in [-0.25, -0.2) is 4.99 Å². The molecule has 5 heteroatoms. The van der Waals surface area contributed by atoms with E-state index in [2.05, 4.69) is 10.3 Å². The highest BCUT2D eigenvalue weighted by Crippen LogP contribution is 2.21. The van der Waals surface area contributed by atoms with Crippen LogP contribution >= 0.6 is 12.4 Å². The molecular formula is C11H17ClN4. The SMILES string of the molecule is Cl.NCCCC1N=C(N)c2ccccc2N1. The molecule has 1 aromatic rings. The summed E-state index contributed by atoms with van der Waals surface area (Å²) in [6, 6.07) is 7.94. The van der Waals surface area contributed by atoms with E-state index >= 15 is 0 Å². The summed E-state index contributed by atoms with van der Waals surface area (Å²) < 4.78 is 0. The average Bonchev–Trinajstić information content (AvgIpc) is 2.26. The van der Waals surface area contributed by atoms with Crippen LogP contribution in [0.2, 0.25) is 0 Å². The quantitative estimate of drug-likeness (QED) is 0.746. The Labute approximate surface area is 102 Å². The first-order valence-electron chi connectivity index (χ1n) is 5.20. The minimum atomic E-state index is 0. The predicted molar refractivity (Wildman–Crippen MR) is 70.1 cm³/mol. The molecule has 4 nitrogen and oxygen atoms in total. The predicted octanol–water partition coefficient (Wildman–Crippen LogP) is 1.30. The highest BCUT2D eigenvalue weighted by atomic mass is 35.5. The maximum absolute atomic E-state index is 5.89. The molecule has 1 heterocycles. The van der Waals surface area contributed by atoms with E-state index in [-0.39, 0.29) is 18.6 Å². The molecule has 1 atom stereocenters. The number of hydrogen-bond donors (Lipinski definition) is 3. The largest absolute Gasteiger partial charge is 0.383 e. The molecule has 88 valence electrons. The lowest BCUT2D eigenvalue weighted by Crippen LogP contribution is -2.30. The Balaban J connectivity index is 0.00000128. The fourth-order valence-corrected chi connectivity index (χ4v) is 1.73. The number of halogens is 1. The van der Waals surface area contributed by atoms with Gasteiger partial charge in [0.1, 0.15) is 12.0 Å². The molecule has 0 aromatic heterocycles. The van der Waals surface area contributed by atoms with Crippen molar-refractivity contribution in [2.24, 2.45) is 16.5 Å². The molecule has 2 rings (SSSR count). The highest BCUT2D eigenvalue weighted by molar-refractivity contribution is 6.03. The number of aliphatic imine (C=N–C) groups is 1. The number of amidine groups is 1. The number of rotatable bonds is 3. The van der Waals surface area contributed by atoms with Gasteiger partial charge in [-0.05, 0) is 31.5 Å². The number of nitrogens with one attached hydrogen (secondary N) is 1. The van der Waals surface area contributed by atoms with Crippen LogP contribution < -0.4 is 16.8 Å². The standard InChI is InChI=1S/C11H16N4.ClH/c12-7-3-6-10-14-9-5-2-1-4-8(9)11(13)15-10;/h1-2,4-5,10,14H,3,6-7,12H2,(H2,13,15);1H. The first-order chi connectivity index (χ1) is 7.31. The maximum atomic E-state index is 5.89. The van der Waals surface area contributed by atoms with Gasteiger partial charge in [0.25, 0.3) is 0 Å². The van der Waals surface area contributed by atoms with E-state index in [1.807, 2.05) is 24.3 Å². The van der Waals surface area contributed by atoms with Gasteiger partial charge in [0, 0.05) is 11.3 Å². The molecule has 0 aliphatic carbocycles. The zero-order chi connectivity index (χ0) is 10.7. The van der Waals surface area contributed by atoms with E-state index in [1.54, 1.807) is 0 Å². The van der Waals surface area contributed by atoms with Gasteiger partial charge in [-0.15, -0.1) is 12.4 Å². The van der Waals surface area contributed by atoms with Crippen LogP contribution in [0.5, 0.6) is 0 Å². The van der Waals surface area contributed by atoms with Gasteiger partial charge in [0.2, 0.25) is 0 Å². The fraction of sp³-hybridized carbons (Fsp3) is 0.364. The van der Waals surface area contributed by atoms with Crippen molar-refractivity contribution in [1.82, 2.24) is 0 Å². The van der Waals surface area contributed by atoms with E-state index in [1.165, 1.54) is 0 Å². The second kappa shape index (κ2) is 5.72. The number of benzene rings is 1. The van der Waals surface area contributed by atoms with Crippen molar-refractivity contribution >= 4 is 23.9 Å². The summed E-state index contributed by atoms with van der Waals surface area (Å²) in [6.07, 6.45) is 1.95. The number of fused-ring (bicyclic) bond motifs is 1. The summed E-state index contributed by atoms with van der Waals surface area (Å²) in [5.74, 6) is 0.617. The smallest absolute Gasteiger partial charge is 0.130 e. The molecule has 1 unspecified atom stereocenters. The Kier molecular flexibility index (Phi) is 4.58. The molecule has 16 heavy (non-hydrogen) atoms. The van der Waals surface area contributed by atoms with Crippen molar-refractivity contribution in [3.63, 3.8) is 0 Å². The van der Waals surface area contributed by atoms with Crippen LogP contribution in [0.15, 0.2) is 29.3 Å². The Morgan fingerprint density at radius 3 is 2.81 bits per heavy atom. The van der Waals surface area contributed by atoms with Crippen molar-refractivity contribution in [2.75, 3.05) is 11.9 Å². The van der Waals surface area contributed by atoms with E-state index in [9.17, 15) is 0 Å². The van der Waals surface area contributed by atoms with Crippen LogP contribution in [0.25, 0.3) is 0 Å². The van der Waals surface area contributed by atoms with Crippen molar-refractivity contribution in [2.45, 2.75) is 19.0 Å². The molecule has 0 radical (unpaired) electrons. The molecule has 5 N–H and O–H groups in total. The number of anilines is 1. The fourth-order valence-electron chi connectivity index (χ4n) is 1.73. The number of nitrogens with two attached hydrogens (primary N) is 2. The Hall–Kier alpha value is -1.26. The summed E-state index contributed by atoms with van der Waals surface area (Å²) in [4.78, 5) is 4.39. The van der Waals surface area contributed by atoms with E-state index in [0.717, 1.165) is 24.1 Å². The highest BCUT2D eigenvalue weighted by Gasteiger charge is 2.16. The number of para-hydroxylation sites is 1. The van der Waals surface area contributed by atoms with Crippen molar-refractivity contribution in [1.29, 1.82) is 0 Å². The molecule has 0 spiro atoms. The first kappa shape index (κ1) is 12.8. The molecule has 0 fully saturated rings. The lowest BCUT2D eigenvalue weighted by molar-refractivity contribution is 0.639. The Bertz CT molecular complexity index is 378. The zero-order valence-corrected chi connectivity index (χ0v) is 9.83. The van der Waals surface area contributed by atoms with Gasteiger partial charge < -0.3 is 16.8 Å². The second-order valence-electron chi connectivity index (χ2n) is 3.65. The molecule has 0 saturated heterocycles. The van der Waals surface area contributed by atoms with Crippen LogP contribution in [-0.2, 0) is 0 Å². The molecular weight excluding hydrogens is 224 g/mol. The summed E-state index contributed by atoms with van der Waals surface area (Å²) in [5, 5.41) is 3.34. The normalized spacial score (nSPS) is 17.8. The maximum Gasteiger partial charge on any atom is 0.130 e. The zero-order valence-electron chi connectivity index (χ0n) is 9.02. The third-order valence-corrected chi connectivity index (χ3v) is 2.50. The third kappa shape index (κ3) is 2.65. The second-order valence-corrected chi connectivity index (χ2v) is 3.65. The van der Waals surface area contributed by atoms with Crippen molar-refractivity contribution in [3.05, 3.63) is 29.8 Å². The molecule has 0 amide bonds. The summed E-state index contributed by atoms with van der Waals surface area (Å²) >= 11 is 0. The van der Waals surface area contributed by atoms with E-state index < -0.39 is 0 Å². The van der Waals surface area contributed by atoms with Crippen LogP contribution in [-0.4, -0.2) is 18.5 Å². The first-order valence-corrected chi connectivity index (χ1v) is 5.20. The minimum absolute atomic E-state index is 0. The molecule has 1 aliphatic rings. The van der Waals surface area contributed by atoms with Crippen LogP contribution in [0.3, 0.4) is 0 Å². The lowest BCUT2D eigenvalue weighted by Gasteiger charge is -2.23. The van der Waals surface area contributed by atoms with Gasteiger partial charge in [-0.3, -0.25) is 0 Å². The Morgan fingerprint density at radius 2 is 2.06 bits per heavy atom. The molecule has 1 aromatic carbocycles. The third-order valence-electron chi connectivity index (χ3n) is 2.50. The van der Waals surface area contributed by atoms with E-state index in [0.29, 0.717) is 12.4 Å². The van der Waals surface area contributed by atoms with Crippen molar-refractivity contribution in [3.8, 4) is 0 Å². The summed E-state index contributed by atoms with van der Waals surface area (Å²) in [6.45, 7) is 0.690. The molecule has 0 saturated carbocycles. The molecule has 1 aliphatic heterocycles. The van der Waals surface area contributed by atoms with Crippen LogP contribution in [0.1, 0.15) is 18.4 Å². The van der Waals surface area contributed by atoms with Gasteiger partial charge in [-0.2, -0.15) is 0 Å². The van der Waals surface area contributed by atoms with Gasteiger partial charge >= 0.3 is 0 Å². The topological polar surface area (TPSA) is 76.4 Å².